The first-order chi connectivity index (χ1) is 11.4. The Morgan fingerprint density at radius 2 is 1.88 bits per heavy atom. The molecule has 1 aliphatic rings. The van der Waals surface area contributed by atoms with Crippen LogP contribution in [0.4, 0.5) is 4.39 Å². The van der Waals surface area contributed by atoms with Crippen molar-refractivity contribution in [2.75, 3.05) is 13.1 Å². The number of hydrogen-bond acceptors (Lipinski definition) is 3. The van der Waals surface area contributed by atoms with Crippen LogP contribution in [0.5, 0.6) is 0 Å². The highest BCUT2D eigenvalue weighted by atomic mass is 19.1. The van der Waals surface area contributed by atoms with E-state index in [9.17, 15) is 14.3 Å². The summed E-state index contributed by atoms with van der Waals surface area (Å²) in [7, 11) is 0. The predicted molar refractivity (Wildman–Crippen MR) is 89.9 cm³/mol. The molecule has 0 aliphatic carbocycles. The molecule has 0 radical (unpaired) electrons. The van der Waals surface area contributed by atoms with Crippen molar-refractivity contribution in [2.45, 2.75) is 26.4 Å². The Bertz CT molecular complexity index is 726. The van der Waals surface area contributed by atoms with Crippen molar-refractivity contribution in [1.29, 1.82) is 0 Å². The van der Waals surface area contributed by atoms with Crippen molar-refractivity contribution in [3.8, 4) is 11.1 Å². The lowest BCUT2D eigenvalue weighted by molar-refractivity contribution is -0.0184. The minimum absolute atomic E-state index is 0.124. The highest BCUT2D eigenvalue weighted by Gasteiger charge is 2.36. The third-order valence-corrected chi connectivity index (χ3v) is 4.62. The van der Waals surface area contributed by atoms with Crippen LogP contribution in [0.3, 0.4) is 0 Å². The molecule has 1 atom stereocenters. The second-order valence-corrected chi connectivity index (χ2v) is 6.96. The van der Waals surface area contributed by atoms with Gasteiger partial charge in [-0.2, -0.15) is 0 Å². The molecule has 0 spiro atoms. The van der Waals surface area contributed by atoms with Crippen molar-refractivity contribution in [1.82, 2.24) is 9.88 Å². The van der Waals surface area contributed by atoms with Gasteiger partial charge in [-0.3, -0.25) is 9.78 Å². The van der Waals surface area contributed by atoms with Gasteiger partial charge in [0.2, 0.25) is 0 Å². The minimum atomic E-state index is -0.393. The van der Waals surface area contributed by atoms with Crippen LogP contribution in [-0.2, 0) is 0 Å². The van der Waals surface area contributed by atoms with Gasteiger partial charge in [0.1, 0.15) is 11.5 Å². The van der Waals surface area contributed by atoms with Crippen LogP contribution in [0.15, 0.2) is 42.6 Å². The average molecular weight is 328 g/mol. The molecule has 24 heavy (non-hydrogen) atoms. The molecule has 5 heteroatoms. The summed E-state index contributed by atoms with van der Waals surface area (Å²) in [5.41, 5.74) is 1.75. The number of carbonyl (C=O) groups is 1. The second-order valence-electron chi connectivity index (χ2n) is 6.96. The number of benzene rings is 1. The van der Waals surface area contributed by atoms with Gasteiger partial charge in [-0.15, -0.1) is 0 Å². The summed E-state index contributed by atoms with van der Waals surface area (Å²) in [5.74, 6) is -0.408. The summed E-state index contributed by atoms with van der Waals surface area (Å²) in [6, 6.07) is 9.67. The Morgan fingerprint density at radius 3 is 2.46 bits per heavy atom. The van der Waals surface area contributed by atoms with E-state index in [1.54, 1.807) is 29.3 Å². The first-order valence-electron chi connectivity index (χ1n) is 8.06. The molecule has 3 rings (SSSR count). The molecule has 1 aromatic heterocycles. The predicted octanol–water partition coefficient (Wildman–Crippen LogP) is 3.12. The first kappa shape index (κ1) is 16.6. The number of amides is 1. The lowest BCUT2D eigenvalue weighted by Gasteiger charge is -2.41. The summed E-state index contributed by atoms with van der Waals surface area (Å²) >= 11 is 0. The largest absolute Gasteiger partial charge is 0.392 e. The zero-order valence-corrected chi connectivity index (χ0v) is 13.9. The smallest absolute Gasteiger partial charge is 0.272 e. The molecule has 1 saturated heterocycles. The molecular formula is C19H21FN2O2. The van der Waals surface area contributed by atoms with Crippen LogP contribution in [-0.4, -0.2) is 40.1 Å². The number of halogens is 1. The van der Waals surface area contributed by atoms with Crippen LogP contribution in [0, 0.1) is 11.2 Å². The molecule has 4 nitrogen and oxygen atoms in total. The van der Waals surface area contributed by atoms with Gasteiger partial charge in [0.15, 0.2) is 0 Å². The van der Waals surface area contributed by atoms with Crippen molar-refractivity contribution < 1.29 is 14.3 Å². The third-order valence-electron chi connectivity index (χ3n) is 4.62. The van der Waals surface area contributed by atoms with Crippen LogP contribution in [0.1, 0.15) is 30.8 Å². The zero-order valence-electron chi connectivity index (χ0n) is 13.9. The number of aliphatic hydroxyl groups is 1. The Kier molecular flexibility index (Phi) is 4.37. The number of hydrogen-bond donors (Lipinski definition) is 1. The molecule has 1 N–H and O–H groups in total. The van der Waals surface area contributed by atoms with E-state index in [0.29, 0.717) is 25.2 Å². The Balaban J connectivity index is 1.76. The summed E-state index contributed by atoms with van der Waals surface area (Å²) in [6.45, 7) is 4.96. The fraction of sp³-hybridized carbons (Fsp3) is 0.368. The molecule has 1 unspecified atom stereocenters. The molecule has 2 heterocycles. The molecule has 0 bridgehead atoms. The van der Waals surface area contributed by atoms with Gasteiger partial charge in [-0.05, 0) is 30.2 Å². The van der Waals surface area contributed by atoms with Crippen LogP contribution < -0.4 is 0 Å². The van der Waals surface area contributed by atoms with E-state index >= 15 is 0 Å². The van der Waals surface area contributed by atoms with Crippen molar-refractivity contribution in [3.63, 3.8) is 0 Å². The van der Waals surface area contributed by atoms with E-state index in [2.05, 4.69) is 4.98 Å². The average Bonchev–Trinajstić information content (AvgIpc) is 2.57. The normalized spacial score (nSPS) is 20.0. The SMILES string of the molecule is CC1(C)CN(C(=O)c2ccc(-c3ccc(F)cc3)cn2)CCC1O. The third kappa shape index (κ3) is 3.31. The van der Waals surface area contributed by atoms with E-state index in [1.165, 1.54) is 12.1 Å². The quantitative estimate of drug-likeness (QED) is 0.921. The van der Waals surface area contributed by atoms with Crippen molar-refractivity contribution in [2.24, 2.45) is 5.41 Å². The van der Waals surface area contributed by atoms with Gasteiger partial charge in [0.05, 0.1) is 6.10 Å². The van der Waals surface area contributed by atoms with Gasteiger partial charge in [0.25, 0.3) is 5.91 Å². The van der Waals surface area contributed by atoms with Gasteiger partial charge in [0, 0.05) is 30.3 Å². The van der Waals surface area contributed by atoms with E-state index in [0.717, 1.165) is 11.1 Å². The maximum atomic E-state index is 13.0. The molecule has 1 fully saturated rings. The van der Waals surface area contributed by atoms with Gasteiger partial charge in [-0.1, -0.05) is 32.0 Å². The number of likely N-dealkylation sites (tertiary alicyclic amines) is 1. The summed E-state index contributed by atoms with van der Waals surface area (Å²) < 4.78 is 13.0. The molecule has 2 aromatic rings. The Morgan fingerprint density at radius 1 is 1.21 bits per heavy atom. The number of aliphatic hydroxyl groups excluding tert-OH is 1. The molecule has 1 amide bonds. The van der Waals surface area contributed by atoms with Gasteiger partial charge < -0.3 is 10.0 Å². The molecule has 126 valence electrons. The van der Waals surface area contributed by atoms with Gasteiger partial charge >= 0.3 is 0 Å². The van der Waals surface area contributed by atoms with Crippen LogP contribution >= 0.6 is 0 Å². The maximum absolute atomic E-state index is 13.0. The second kappa shape index (κ2) is 6.32. The Labute approximate surface area is 141 Å². The van der Waals surface area contributed by atoms with Crippen LogP contribution in [0.25, 0.3) is 11.1 Å². The number of aromatic nitrogens is 1. The topological polar surface area (TPSA) is 53.4 Å². The monoisotopic (exact) mass is 328 g/mol. The van der Waals surface area contributed by atoms with E-state index in [4.69, 9.17) is 0 Å². The summed E-state index contributed by atoms with van der Waals surface area (Å²) in [4.78, 5) is 18.6. The summed E-state index contributed by atoms with van der Waals surface area (Å²) in [6.07, 6.45) is 1.81. The van der Waals surface area contributed by atoms with Crippen LogP contribution in [0.2, 0.25) is 0 Å². The minimum Gasteiger partial charge on any atom is -0.392 e. The van der Waals surface area contributed by atoms with E-state index in [-0.39, 0.29) is 17.1 Å². The highest BCUT2D eigenvalue weighted by molar-refractivity contribution is 5.92. The number of rotatable bonds is 2. The molecule has 1 aromatic carbocycles. The number of piperidine rings is 1. The van der Waals surface area contributed by atoms with Gasteiger partial charge in [-0.25, -0.2) is 4.39 Å². The lowest BCUT2D eigenvalue weighted by Crippen LogP contribution is -2.50. The van der Waals surface area contributed by atoms with E-state index < -0.39 is 6.10 Å². The maximum Gasteiger partial charge on any atom is 0.272 e. The Hall–Kier alpha value is -2.27. The zero-order chi connectivity index (χ0) is 17.3. The molecule has 1 aliphatic heterocycles. The molecular weight excluding hydrogens is 307 g/mol. The number of pyridine rings is 1. The number of nitrogens with zero attached hydrogens (tertiary/aromatic N) is 2. The van der Waals surface area contributed by atoms with Crippen molar-refractivity contribution >= 4 is 5.91 Å². The lowest BCUT2D eigenvalue weighted by atomic mass is 9.81. The molecule has 0 saturated carbocycles. The number of carbonyl (C=O) groups excluding carboxylic acids is 1. The van der Waals surface area contributed by atoms with E-state index in [1.807, 2.05) is 19.9 Å². The summed E-state index contributed by atoms with van der Waals surface area (Å²) in [5, 5.41) is 10.0. The standard InChI is InChI=1S/C19H21FN2O2/c1-19(2)12-22(10-9-17(19)23)18(24)16-8-5-14(11-21-16)13-3-6-15(20)7-4-13/h3-8,11,17,23H,9-10,12H2,1-2H3. The highest BCUT2D eigenvalue weighted by Crippen LogP contribution is 2.30. The fourth-order valence-electron chi connectivity index (χ4n) is 3.01. The first-order valence-corrected chi connectivity index (χ1v) is 8.06. The fourth-order valence-corrected chi connectivity index (χ4v) is 3.01. The van der Waals surface area contributed by atoms with Crippen molar-refractivity contribution in [3.05, 3.63) is 54.1 Å².